The average molecular weight is 1220 g/mol. The van der Waals surface area contributed by atoms with Crippen LogP contribution in [0.4, 0.5) is 62.3 Å². The summed E-state index contributed by atoms with van der Waals surface area (Å²) in [5, 5.41) is 18.7. The minimum absolute atomic E-state index is 0.0631. The highest BCUT2D eigenvalue weighted by Gasteiger charge is 2.43. The Morgan fingerprint density at radius 1 is 0.607 bits per heavy atom. The maximum Gasteiger partial charge on any atom is 0.573 e. The van der Waals surface area contributed by atoms with Gasteiger partial charge in [-0.2, -0.15) is 23.4 Å². The number of thioether (sulfide) groups is 2. The molecule has 0 radical (unpaired) electrons. The van der Waals surface area contributed by atoms with E-state index >= 15 is 13.2 Å². The lowest BCUT2D eigenvalue weighted by atomic mass is 9.89. The van der Waals surface area contributed by atoms with E-state index < -0.39 is 48.2 Å². The summed E-state index contributed by atoms with van der Waals surface area (Å²) >= 11 is 10.0. The lowest BCUT2D eigenvalue weighted by Crippen LogP contribution is -2.47. The van der Waals surface area contributed by atoms with Crippen LogP contribution in [0.3, 0.4) is 0 Å². The van der Waals surface area contributed by atoms with Gasteiger partial charge in [-0.15, -0.1) is 36.5 Å². The van der Waals surface area contributed by atoms with E-state index in [1.165, 1.54) is 71.3 Å². The van der Waals surface area contributed by atoms with Crippen LogP contribution in [-0.2, 0) is 6.18 Å². The van der Waals surface area contributed by atoms with Crippen molar-refractivity contribution in [1.82, 2.24) is 0 Å². The molecule has 6 aromatic carbocycles. The second kappa shape index (κ2) is 26.6. The molecule has 438 valence electrons. The number of hydrogen-bond acceptors (Lipinski definition) is 10. The number of ether oxygens (including phenoxy) is 2. The molecular formula is C58H52ClF9N12O2S2. The van der Waals surface area contributed by atoms with Gasteiger partial charge in [-0.25, -0.2) is 20.0 Å². The van der Waals surface area contributed by atoms with Crippen LogP contribution >= 0.6 is 35.1 Å². The van der Waals surface area contributed by atoms with Crippen LogP contribution in [0.25, 0.3) is 0 Å². The van der Waals surface area contributed by atoms with E-state index in [2.05, 4.69) is 61.8 Å². The molecule has 2 aliphatic rings. The van der Waals surface area contributed by atoms with Crippen LogP contribution in [0.2, 0.25) is 5.02 Å². The van der Waals surface area contributed by atoms with E-state index in [1.807, 2.05) is 34.6 Å². The van der Waals surface area contributed by atoms with Gasteiger partial charge in [0.1, 0.15) is 35.8 Å². The third kappa shape index (κ3) is 16.1. The summed E-state index contributed by atoms with van der Waals surface area (Å²) in [6, 6.07) is 29.3. The first-order valence-corrected chi connectivity index (χ1v) is 27.8. The number of aliphatic imine (C=N–C) groups is 4. The van der Waals surface area contributed by atoms with E-state index in [1.54, 1.807) is 54.7 Å². The van der Waals surface area contributed by atoms with Gasteiger partial charge in [0.15, 0.2) is 10.3 Å². The zero-order valence-electron chi connectivity index (χ0n) is 45.2. The molecule has 2 fully saturated rings. The number of halogens is 10. The molecule has 14 nitrogen and oxygen atoms in total. The zero-order chi connectivity index (χ0) is 60.5. The first-order chi connectivity index (χ1) is 39.8. The minimum Gasteiger partial charge on any atom is -0.406 e. The fourth-order valence-electron chi connectivity index (χ4n) is 9.14. The number of nitrogens with zero attached hydrogens (tertiary/aromatic N) is 10. The van der Waals surface area contributed by atoms with Crippen LogP contribution < -0.4 is 30.7 Å². The Bertz CT molecular complexity index is 3550. The minimum atomic E-state index is -4.82. The van der Waals surface area contributed by atoms with Crippen LogP contribution in [0, 0.1) is 20.8 Å². The van der Waals surface area contributed by atoms with E-state index in [9.17, 15) is 26.3 Å². The molecule has 2 aliphatic heterocycles. The first kappa shape index (κ1) is 61.9. The standard InChI is InChI=1S/C58H52ClF9N12O2S2/c1-33-26-34(2)50(35(3)27-33)80-37(5)47(30-84-55(80)78-76-29-39-8-12-41(13-9-39)53(70)74-32-72-43-16-20-45(21-17-43)82-58(66,67)68)46-22-23-48(56(60,61)62)51(49(46)59)79-36(4)24-25-83-54(79)77-75-28-38-6-10-40(11-7-38)52(69)73-31-71-42-14-18-44(19-15-42)81-57(63,64)65/h6-23,26-29,31-32,36-37,47H,24-25,30H2,1-5H3,(H2,69,71,73)(H2,70,72,74)/b75-28+,76-29-,77-54+,78-55+. The normalized spacial score (nSPS) is 18.8. The maximum atomic E-state index is 15.2. The molecule has 4 N–H and O–H groups in total. The van der Waals surface area contributed by atoms with Crippen molar-refractivity contribution < 1.29 is 49.0 Å². The van der Waals surface area contributed by atoms with Gasteiger partial charge in [-0.05, 0) is 123 Å². The molecule has 26 heteroatoms. The second-order valence-electron chi connectivity index (χ2n) is 19.1. The fraction of sp³-hybridized carbons (Fsp3) is 0.241. The van der Waals surface area contributed by atoms with Crippen LogP contribution in [0.5, 0.6) is 11.5 Å². The number of amidine groups is 4. The van der Waals surface area contributed by atoms with Gasteiger partial charge in [-0.1, -0.05) is 107 Å². The predicted molar refractivity (Wildman–Crippen MR) is 320 cm³/mol. The molecule has 6 aromatic rings. The molecule has 2 heterocycles. The van der Waals surface area contributed by atoms with Crippen molar-refractivity contribution in [2.45, 2.75) is 77.9 Å². The molecule has 0 amide bonds. The summed E-state index contributed by atoms with van der Waals surface area (Å²) in [7, 11) is 0. The quantitative estimate of drug-likeness (QED) is 0.0442. The largest absolute Gasteiger partial charge is 0.573 e. The highest BCUT2D eigenvalue weighted by molar-refractivity contribution is 8.14. The molecule has 0 spiro atoms. The molecule has 8 rings (SSSR count). The SMILES string of the molecule is Cc1cc(C)c(N2/C(=N\N=C/c3ccc(C(N)=NC=Nc4ccc(OC(F)(F)F)cc4)cc3)SCC(c3ccc(C(F)(F)F)c(N4/C(=N\N=C\c5ccc(C(N)=NC=Nc6ccc(OC(F)(F)F)cc6)cc5)SCCC4C)c3Cl)C2C)c(C)c1. The summed E-state index contributed by atoms with van der Waals surface area (Å²) in [5.41, 5.74) is 18.5. The van der Waals surface area contributed by atoms with Crippen molar-refractivity contribution in [1.29, 1.82) is 0 Å². The third-order valence-electron chi connectivity index (χ3n) is 13.0. The van der Waals surface area contributed by atoms with Crippen LogP contribution in [-0.4, -0.2) is 83.4 Å². The van der Waals surface area contributed by atoms with Crippen LogP contribution in [0.15, 0.2) is 162 Å². The van der Waals surface area contributed by atoms with Gasteiger partial charge < -0.3 is 30.7 Å². The van der Waals surface area contributed by atoms with Crippen molar-refractivity contribution in [3.8, 4) is 11.5 Å². The maximum absolute atomic E-state index is 15.2. The van der Waals surface area contributed by atoms with Crippen molar-refractivity contribution in [2.24, 2.45) is 51.8 Å². The molecule has 0 saturated carbocycles. The Labute approximate surface area is 490 Å². The Hall–Kier alpha value is -8.16. The molecule has 84 heavy (non-hydrogen) atoms. The molecular weight excluding hydrogens is 1170 g/mol. The van der Waals surface area contributed by atoms with Gasteiger partial charge in [0.2, 0.25) is 0 Å². The number of hydrogen-bond donors (Lipinski definition) is 2. The number of nitrogens with two attached hydrogens (primary N) is 2. The lowest BCUT2D eigenvalue weighted by Gasteiger charge is -2.43. The lowest BCUT2D eigenvalue weighted by molar-refractivity contribution is -0.275. The second-order valence-corrected chi connectivity index (χ2v) is 21.5. The van der Waals surface area contributed by atoms with Gasteiger partial charge >= 0.3 is 18.9 Å². The number of aryl methyl sites for hydroxylation is 3. The number of benzene rings is 6. The van der Waals surface area contributed by atoms with Gasteiger partial charge in [0.05, 0.1) is 40.1 Å². The van der Waals surface area contributed by atoms with E-state index in [0.29, 0.717) is 62.3 Å². The molecule has 0 aliphatic carbocycles. The van der Waals surface area contributed by atoms with Crippen molar-refractivity contribution in [2.75, 3.05) is 21.3 Å². The van der Waals surface area contributed by atoms with Gasteiger partial charge in [-0.3, -0.25) is 0 Å². The van der Waals surface area contributed by atoms with E-state index in [0.717, 1.165) is 59.0 Å². The highest BCUT2D eigenvalue weighted by atomic mass is 35.5. The smallest absolute Gasteiger partial charge is 0.406 e. The number of rotatable bonds is 15. The molecule has 3 atom stereocenters. The van der Waals surface area contributed by atoms with Gasteiger partial charge in [0, 0.05) is 46.3 Å². The average Bonchev–Trinajstić information content (AvgIpc) is 1.49. The molecule has 0 bridgehead atoms. The molecule has 3 unspecified atom stereocenters. The summed E-state index contributed by atoms with van der Waals surface area (Å²) in [5.74, 6) is -0.0269. The predicted octanol–water partition coefficient (Wildman–Crippen LogP) is 15.0. The van der Waals surface area contributed by atoms with Crippen LogP contribution in [0.1, 0.15) is 76.3 Å². The van der Waals surface area contributed by atoms with Crippen molar-refractivity contribution in [3.63, 3.8) is 0 Å². The summed E-state index contributed by atoms with van der Waals surface area (Å²) in [6.45, 7) is 9.79. The monoisotopic (exact) mass is 1220 g/mol. The van der Waals surface area contributed by atoms with E-state index in [4.69, 9.17) is 28.2 Å². The molecule has 0 aromatic heterocycles. The topological polar surface area (TPSA) is 176 Å². The Kier molecular flexibility index (Phi) is 19.6. The Morgan fingerprint density at radius 2 is 1.07 bits per heavy atom. The van der Waals surface area contributed by atoms with Gasteiger partial charge in [0.25, 0.3) is 0 Å². The van der Waals surface area contributed by atoms with E-state index in [-0.39, 0.29) is 33.3 Å². The fourth-order valence-corrected chi connectivity index (χ4v) is 12.0. The Balaban J connectivity index is 1.01. The summed E-state index contributed by atoms with van der Waals surface area (Å²) in [4.78, 5) is 20.0. The summed E-state index contributed by atoms with van der Waals surface area (Å²) < 4.78 is 129. The highest BCUT2D eigenvalue weighted by Crippen LogP contribution is 2.49. The number of anilines is 2. The zero-order valence-corrected chi connectivity index (χ0v) is 47.6. The first-order valence-electron chi connectivity index (χ1n) is 25.5. The van der Waals surface area contributed by atoms with Crippen molar-refractivity contribution >= 4 is 105 Å². The summed E-state index contributed by atoms with van der Waals surface area (Å²) in [6.07, 6.45) is -8.55. The number of alkyl halides is 9. The Morgan fingerprint density at radius 3 is 1.52 bits per heavy atom. The third-order valence-corrected chi connectivity index (χ3v) is 15.5. The van der Waals surface area contributed by atoms with Crippen molar-refractivity contribution in [3.05, 3.63) is 176 Å². The molecule has 2 saturated heterocycles.